The topological polar surface area (TPSA) is 100.0 Å². The molecule has 4 heterocycles. The minimum absolute atomic E-state index is 0.0849. The number of morpholine rings is 1. The number of rotatable bonds is 5. The fourth-order valence-corrected chi connectivity index (χ4v) is 4.06. The lowest BCUT2D eigenvalue weighted by atomic mass is 10.1. The zero-order chi connectivity index (χ0) is 20.3. The molecule has 3 aliphatic heterocycles. The van der Waals surface area contributed by atoms with E-state index in [1.807, 2.05) is 36.5 Å². The lowest BCUT2D eigenvalue weighted by Gasteiger charge is -2.29. The van der Waals surface area contributed by atoms with Gasteiger partial charge in [0.05, 0.1) is 38.7 Å². The van der Waals surface area contributed by atoms with Gasteiger partial charge in [-0.3, -0.25) is 0 Å². The molecule has 10 heteroatoms. The van der Waals surface area contributed by atoms with E-state index >= 15 is 0 Å². The SMILES string of the molecule is O=C(N[C@H]1CO[C@H]2[C@@H]1OC[C@@H]2n1cc(COc2ccccc2)nn1)N1CCOCC1. The number of amides is 2. The molecule has 1 aromatic carbocycles. The van der Waals surface area contributed by atoms with Gasteiger partial charge in [-0.15, -0.1) is 5.10 Å². The first-order valence-electron chi connectivity index (χ1n) is 10.2. The van der Waals surface area contributed by atoms with Crippen LogP contribution in [0.1, 0.15) is 11.7 Å². The molecular weight excluding hydrogens is 390 g/mol. The molecular formula is C20H25N5O5. The van der Waals surface area contributed by atoms with Gasteiger partial charge in [0.1, 0.15) is 36.3 Å². The van der Waals surface area contributed by atoms with Crippen LogP contribution < -0.4 is 10.1 Å². The van der Waals surface area contributed by atoms with E-state index < -0.39 is 0 Å². The van der Waals surface area contributed by atoms with E-state index in [0.717, 1.165) is 11.4 Å². The van der Waals surface area contributed by atoms with Crippen molar-refractivity contribution in [2.75, 3.05) is 39.5 Å². The largest absolute Gasteiger partial charge is 0.487 e. The van der Waals surface area contributed by atoms with Gasteiger partial charge in [-0.2, -0.15) is 0 Å². The summed E-state index contributed by atoms with van der Waals surface area (Å²) in [5.74, 6) is 0.786. The van der Waals surface area contributed by atoms with Crippen molar-refractivity contribution in [2.45, 2.75) is 30.9 Å². The Hall–Kier alpha value is -2.69. The summed E-state index contributed by atoms with van der Waals surface area (Å²) in [5, 5.41) is 11.5. The molecule has 0 aliphatic carbocycles. The number of urea groups is 1. The Morgan fingerprint density at radius 2 is 1.93 bits per heavy atom. The van der Waals surface area contributed by atoms with E-state index in [1.54, 1.807) is 9.58 Å². The van der Waals surface area contributed by atoms with Gasteiger partial charge in [0.2, 0.25) is 0 Å². The predicted octanol–water partition coefficient (Wildman–Crippen LogP) is 0.606. The van der Waals surface area contributed by atoms with Crippen LogP contribution in [0.2, 0.25) is 0 Å². The van der Waals surface area contributed by atoms with Gasteiger partial charge >= 0.3 is 6.03 Å². The molecule has 2 aromatic rings. The van der Waals surface area contributed by atoms with E-state index in [-0.39, 0.29) is 30.3 Å². The van der Waals surface area contributed by atoms with Crippen LogP contribution in [0, 0.1) is 0 Å². The highest BCUT2D eigenvalue weighted by molar-refractivity contribution is 5.74. The highest BCUT2D eigenvalue weighted by atomic mass is 16.6. The van der Waals surface area contributed by atoms with Crippen molar-refractivity contribution in [3.05, 3.63) is 42.2 Å². The molecule has 3 saturated heterocycles. The zero-order valence-corrected chi connectivity index (χ0v) is 16.6. The molecule has 5 rings (SSSR count). The lowest BCUT2D eigenvalue weighted by Crippen LogP contribution is -2.52. The Bertz CT molecular complexity index is 856. The standard InChI is InChI=1S/C20H25N5O5/c26-20(24-6-8-27-9-7-24)21-16-12-29-19-17(13-30-18(16)19)25-10-14(22-23-25)11-28-15-4-2-1-3-5-15/h1-5,10,16-19H,6-9,11-13H2,(H,21,26)/t16-,17-,18+,19+/m0/s1. The smallest absolute Gasteiger partial charge is 0.317 e. The number of ether oxygens (including phenoxy) is 4. The first kappa shape index (κ1) is 19.3. The first-order chi connectivity index (χ1) is 14.8. The molecule has 0 spiro atoms. The van der Waals surface area contributed by atoms with Crippen molar-refractivity contribution in [2.24, 2.45) is 0 Å². The van der Waals surface area contributed by atoms with Crippen LogP contribution in [0.4, 0.5) is 4.79 Å². The number of carbonyl (C=O) groups excluding carboxylic acids is 1. The third-order valence-electron chi connectivity index (χ3n) is 5.66. The number of benzene rings is 1. The monoisotopic (exact) mass is 415 g/mol. The minimum atomic E-state index is -0.201. The van der Waals surface area contributed by atoms with Crippen LogP contribution in [0.3, 0.4) is 0 Å². The summed E-state index contributed by atoms with van der Waals surface area (Å²) >= 11 is 0. The fourth-order valence-electron chi connectivity index (χ4n) is 4.06. The molecule has 0 saturated carbocycles. The number of nitrogens with one attached hydrogen (secondary N) is 1. The summed E-state index contributed by atoms with van der Waals surface area (Å²) in [7, 11) is 0. The second-order valence-corrected chi connectivity index (χ2v) is 7.61. The third kappa shape index (κ3) is 3.98. The molecule has 160 valence electrons. The third-order valence-corrected chi connectivity index (χ3v) is 5.66. The van der Waals surface area contributed by atoms with E-state index in [4.69, 9.17) is 18.9 Å². The molecule has 0 unspecified atom stereocenters. The number of nitrogens with zero attached hydrogens (tertiary/aromatic N) is 4. The number of para-hydroxylation sites is 1. The fraction of sp³-hybridized carbons (Fsp3) is 0.550. The van der Waals surface area contributed by atoms with Crippen LogP contribution in [-0.2, 0) is 20.8 Å². The average Bonchev–Trinajstić information content (AvgIpc) is 3.51. The van der Waals surface area contributed by atoms with Gasteiger partial charge in [0.15, 0.2) is 0 Å². The highest BCUT2D eigenvalue weighted by Gasteiger charge is 2.49. The molecule has 0 radical (unpaired) electrons. The van der Waals surface area contributed by atoms with E-state index in [9.17, 15) is 4.79 Å². The van der Waals surface area contributed by atoms with Gasteiger partial charge in [-0.05, 0) is 12.1 Å². The Morgan fingerprint density at radius 3 is 2.77 bits per heavy atom. The molecule has 1 aromatic heterocycles. The summed E-state index contributed by atoms with van der Waals surface area (Å²) in [6.45, 7) is 3.56. The van der Waals surface area contributed by atoms with Crippen LogP contribution in [0.25, 0.3) is 0 Å². The van der Waals surface area contributed by atoms with E-state index in [2.05, 4.69) is 15.6 Å². The highest BCUT2D eigenvalue weighted by Crippen LogP contribution is 2.34. The molecule has 0 bridgehead atoms. The van der Waals surface area contributed by atoms with Crippen LogP contribution in [0.15, 0.2) is 36.5 Å². The van der Waals surface area contributed by atoms with Crippen LogP contribution >= 0.6 is 0 Å². The van der Waals surface area contributed by atoms with Gasteiger partial charge in [0.25, 0.3) is 0 Å². The predicted molar refractivity (Wildman–Crippen MR) is 104 cm³/mol. The summed E-state index contributed by atoms with van der Waals surface area (Å²) in [6, 6.07) is 9.23. The van der Waals surface area contributed by atoms with Crippen molar-refractivity contribution < 1.29 is 23.7 Å². The van der Waals surface area contributed by atoms with Gasteiger partial charge < -0.3 is 29.2 Å². The normalized spacial score (nSPS) is 28.3. The average molecular weight is 415 g/mol. The van der Waals surface area contributed by atoms with Crippen molar-refractivity contribution in [3.8, 4) is 5.75 Å². The maximum absolute atomic E-state index is 12.5. The zero-order valence-electron chi connectivity index (χ0n) is 16.6. The quantitative estimate of drug-likeness (QED) is 0.764. The van der Waals surface area contributed by atoms with Crippen LogP contribution in [-0.4, -0.2) is 83.7 Å². The van der Waals surface area contributed by atoms with Crippen molar-refractivity contribution in [1.82, 2.24) is 25.2 Å². The number of hydrogen-bond donors (Lipinski definition) is 1. The molecule has 3 aliphatic rings. The van der Waals surface area contributed by atoms with Gasteiger partial charge in [0, 0.05) is 13.1 Å². The summed E-state index contributed by atoms with van der Waals surface area (Å²) < 4.78 is 24.8. The molecule has 10 nitrogen and oxygen atoms in total. The number of aromatic nitrogens is 3. The number of fused-ring (bicyclic) bond motifs is 1. The number of hydrogen-bond acceptors (Lipinski definition) is 7. The van der Waals surface area contributed by atoms with Crippen molar-refractivity contribution >= 4 is 6.03 Å². The maximum atomic E-state index is 12.5. The van der Waals surface area contributed by atoms with E-state index in [1.165, 1.54) is 0 Å². The molecule has 2 amide bonds. The summed E-state index contributed by atoms with van der Waals surface area (Å²) in [6.07, 6.45) is 1.49. The minimum Gasteiger partial charge on any atom is -0.487 e. The Kier molecular flexibility index (Phi) is 5.52. The first-order valence-corrected chi connectivity index (χ1v) is 10.2. The Labute approximate surface area is 174 Å². The molecule has 1 N–H and O–H groups in total. The Morgan fingerprint density at radius 1 is 1.13 bits per heavy atom. The summed E-state index contributed by atoms with van der Waals surface area (Å²) in [4.78, 5) is 14.3. The molecule has 30 heavy (non-hydrogen) atoms. The second-order valence-electron chi connectivity index (χ2n) is 7.61. The second kappa shape index (κ2) is 8.58. The van der Waals surface area contributed by atoms with Crippen LogP contribution in [0.5, 0.6) is 5.75 Å². The van der Waals surface area contributed by atoms with Gasteiger partial charge in [-0.25, -0.2) is 9.48 Å². The van der Waals surface area contributed by atoms with Gasteiger partial charge in [-0.1, -0.05) is 23.4 Å². The number of carbonyl (C=O) groups is 1. The van der Waals surface area contributed by atoms with E-state index in [0.29, 0.717) is 46.1 Å². The Balaban J connectivity index is 1.17. The molecule has 3 fully saturated rings. The van der Waals surface area contributed by atoms with Crippen molar-refractivity contribution in [1.29, 1.82) is 0 Å². The maximum Gasteiger partial charge on any atom is 0.317 e. The molecule has 4 atom stereocenters. The summed E-state index contributed by atoms with van der Waals surface area (Å²) in [5.41, 5.74) is 0.734. The van der Waals surface area contributed by atoms with Crippen molar-refractivity contribution in [3.63, 3.8) is 0 Å². The lowest BCUT2D eigenvalue weighted by molar-refractivity contribution is 0.0485.